The van der Waals surface area contributed by atoms with E-state index in [-0.39, 0.29) is 11.7 Å². The second-order valence-corrected chi connectivity index (χ2v) is 6.90. The first kappa shape index (κ1) is 15.9. The molecule has 0 N–H and O–H groups in total. The Kier molecular flexibility index (Phi) is 5.73. The van der Waals surface area contributed by atoms with Crippen LogP contribution in [0, 0.1) is 0 Å². The first-order chi connectivity index (χ1) is 8.88. The minimum absolute atomic E-state index is 0.247. The molecule has 0 aromatic heterocycles. The monoisotopic (exact) mass is 282 g/mol. The van der Waals surface area contributed by atoms with Gasteiger partial charge < -0.3 is 0 Å². The number of ketones is 1. The lowest BCUT2D eigenvalue weighted by atomic mass is 9.91. The van der Waals surface area contributed by atoms with Crippen molar-refractivity contribution < 1.29 is 13.2 Å². The minimum atomic E-state index is -3.17. The summed E-state index contributed by atoms with van der Waals surface area (Å²) in [6, 6.07) is 7.07. The standard InChI is InChI=1S/C15H22O3S/c1-4-12(9-10-14(16)5-2)13-7-6-8-15(11-13)19(3,17)18/h6-8,11-12H,4-5,9-10H2,1-3H3. The molecular formula is C15H22O3S. The van der Waals surface area contributed by atoms with Gasteiger partial charge in [0, 0.05) is 19.1 Å². The number of rotatable bonds is 7. The van der Waals surface area contributed by atoms with Crippen LogP contribution >= 0.6 is 0 Å². The van der Waals surface area contributed by atoms with E-state index in [1.54, 1.807) is 18.2 Å². The maximum Gasteiger partial charge on any atom is 0.175 e. The van der Waals surface area contributed by atoms with Crippen LogP contribution in [0.1, 0.15) is 51.0 Å². The second kappa shape index (κ2) is 6.85. The molecule has 1 atom stereocenters. The molecule has 0 aliphatic heterocycles. The van der Waals surface area contributed by atoms with Crippen molar-refractivity contribution in [2.75, 3.05) is 6.26 Å². The molecule has 19 heavy (non-hydrogen) atoms. The lowest BCUT2D eigenvalue weighted by Gasteiger charge is -2.15. The van der Waals surface area contributed by atoms with Crippen LogP contribution in [0.25, 0.3) is 0 Å². The summed E-state index contributed by atoms with van der Waals surface area (Å²) >= 11 is 0. The Labute approximate surface area is 116 Å². The van der Waals surface area contributed by atoms with Gasteiger partial charge in [-0.2, -0.15) is 0 Å². The van der Waals surface area contributed by atoms with E-state index in [1.165, 1.54) is 6.26 Å². The molecular weight excluding hydrogens is 260 g/mol. The summed E-state index contributed by atoms with van der Waals surface area (Å²) in [7, 11) is -3.17. The lowest BCUT2D eigenvalue weighted by Crippen LogP contribution is -2.04. The topological polar surface area (TPSA) is 51.2 Å². The maximum absolute atomic E-state index is 11.6. The number of carbonyl (C=O) groups excluding carboxylic acids is 1. The van der Waals surface area contributed by atoms with Crippen molar-refractivity contribution in [3.05, 3.63) is 29.8 Å². The second-order valence-electron chi connectivity index (χ2n) is 4.88. The van der Waals surface area contributed by atoms with Gasteiger partial charge in [0.05, 0.1) is 4.90 Å². The molecule has 0 radical (unpaired) electrons. The predicted octanol–water partition coefficient (Wildman–Crippen LogP) is 3.34. The van der Waals surface area contributed by atoms with Crippen LogP contribution in [-0.2, 0) is 14.6 Å². The third-order valence-electron chi connectivity index (χ3n) is 3.42. The average Bonchev–Trinajstić information content (AvgIpc) is 2.38. The molecule has 4 heteroatoms. The van der Waals surface area contributed by atoms with Crippen molar-refractivity contribution in [1.29, 1.82) is 0 Å². The summed E-state index contributed by atoms with van der Waals surface area (Å²) < 4.78 is 23.1. The van der Waals surface area contributed by atoms with Gasteiger partial charge in [0.25, 0.3) is 0 Å². The Bertz CT molecular complexity index is 532. The van der Waals surface area contributed by atoms with Crippen molar-refractivity contribution in [3.63, 3.8) is 0 Å². The summed E-state index contributed by atoms with van der Waals surface area (Å²) in [5, 5.41) is 0. The van der Waals surface area contributed by atoms with E-state index in [4.69, 9.17) is 0 Å². The molecule has 106 valence electrons. The van der Waals surface area contributed by atoms with Crippen LogP contribution < -0.4 is 0 Å². The van der Waals surface area contributed by atoms with Crippen LogP contribution in [0.3, 0.4) is 0 Å². The van der Waals surface area contributed by atoms with Crippen LogP contribution in [0.5, 0.6) is 0 Å². The SMILES string of the molecule is CCC(=O)CCC(CC)c1cccc(S(C)(=O)=O)c1. The van der Waals surface area contributed by atoms with Gasteiger partial charge in [-0.3, -0.25) is 4.79 Å². The first-order valence-corrected chi connectivity index (χ1v) is 8.59. The third-order valence-corrected chi connectivity index (χ3v) is 4.53. The summed E-state index contributed by atoms with van der Waals surface area (Å²) in [5.41, 5.74) is 1.01. The zero-order chi connectivity index (χ0) is 14.5. The highest BCUT2D eigenvalue weighted by molar-refractivity contribution is 7.90. The quantitative estimate of drug-likeness (QED) is 0.770. The Hall–Kier alpha value is -1.16. The van der Waals surface area contributed by atoms with Gasteiger partial charge in [-0.15, -0.1) is 0 Å². The summed E-state index contributed by atoms with van der Waals surface area (Å²) in [6.45, 7) is 3.93. The summed E-state index contributed by atoms with van der Waals surface area (Å²) in [4.78, 5) is 11.7. The van der Waals surface area contributed by atoms with Crippen molar-refractivity contribution >= 4 is 15.6 Å². The maximum atomic E-state index is 11.6. The highest BCUT2D eigenvalue weighted by Crippen LogP contribution is 2.26. The normalized spacial score (nSPS) is 13.2. The molecule has 1 unspecified atom stereocenters. The molecule has 1 aromatic rings. The number of carbonyl (C=O) groups is 1. The number of hydrogen-bond donors (Lipinski definition) is 0. The summed E-state index contributed by atoms with van der Waals surface area (Å²) in [5.74, 6) is 0.509. The number of sulfone groups is 1. The number of benzene rings is 1. The van der Waals surface area contributed by atoms with E-state index < -0.39 is 9.84 Å². The number of Topliss-reactive ketones (excluding diaryl/α,β-unsaturated/α-hetero) is 1. The van der Waals surface area contributed by atoms with Gasteiger partial charge in [-0.1, -0.05) is 26.0 Å². The molecule has 1 aromatic carbocycles. The molecule has 0 spiro atoms. The fourth-order valence-electron chi connectivity index (χ4n) is 2.12. The van der Waals surface area contributed by atoms with E-state index in [0.717, 1.165) is 18.4 Å². The molecule has 3 nitrogen and oxygen atoms in total. The highest BCUT2D eigenvalue weighted by atomic mass is 32.2. The Morgan fingerprint density at radius 3 is 2.47 bits per heavy atom. The van der Waals surface area contributed by atoms with Gasteiger partial charge in [-0.05, 0) is 36.5 Å². The van der Waals surface area contributed by atoms with Gasteiger partial charge in [0.1, 0.15) is 5.78 Å². The molecule has 0 aliphatic carbocycles. The van der Waals surface area contributed by atoms with E-state index in [2.05, 4.69) is 6.92 Å². The molecule has 0 heterocycles. The molecule has 0 saturated carbocycles. The zero-order valence-electron chi connectivity index (χ0n) is 11.8. The first-order valence-electron chi connectivity index (χ1n) is 6.70. The molecule has 0 aliphatic rings. The van der Waals surface area contributed by atoms with Crippen LogP contribution in [0.15, 0.2) is 29.2 Å². The van der Waals surface area contributed by atoms with Crippen LogP contribution in [0.4, 0.5) is 0 Å². The van der Waals surface area contributed by atoms with Crippen molar-refractivity contribution in [3.8, 4) is 0 Å². The molecule has 0 bridgehead atoms. The highest BCUT2D eigenvalue weighted by Gasteiger charge is 2.14. The van der Waals surface area contributed by atoms with Crippen molar-refractivity contribution in [2.24, 2.45) is 0 Å². The van der Waals surface area contributed by atoms with Gasteiger partial charge in [0.2, 0.25) is 0 Å². The van der Waals surface area contributed by atoms with Gasteiger partial charge >= 0.3 is 0 Å². The third kappa shape index (κ3) is 4.78. The van der Waals surface area contributed by atoms with Crippen molar-refractivity contribution in [1.82, 2.24) is 0 Å². The van der Waals surface area contributed by atoms with E-state index >= 15 is 0 Å². The van der Waals surface area contributed by atoms with Gasteiger partial charge in [-0.25, -0.2) is 8.42 Å². The molecule has 1 rings (SSSR count). The lowest BCUT2D eigenvalue weighted by molar-refractivity contribution is -0.118. The molecule has 0 fully saturated rings. The predicted molar refractivity (Wildman–Crippen MR) is 77.1 cm³/mol. The fraction of sp³-hybridized carbons (Fsp3) is 0.533. The molecule has 0 saturated heterocycles. The smallest absolute Gasteiger partial charge is 0.175 e. The van der Waals surface area contributed by atoms with Crippen molar-refractivity contribution in [2.45, 2.75) is 50.3 Å². The van der Waals surface area contributed by atoms with Crippen LogP contribution in [0.2, 0.25) is 0 Å². The minimum Gasteiger partial charge on any atom is -0.300 e. The Morgan fingerprint density at radius 1 is 1.26 bits per heavy atom. The summed E-state index contributed by atoms with van der Waals surface area (Å²) in [6.07, 6.45) is 4.05. The van der Waals surface area contributed by atoms with E-state index in [1.807, 2.05) is 13.0 Å². The zero-order valence-corrected chi connectivity index (χ0v) is 12.7. The molecule has 0 amide bonds. The Morgan fingerprint density at radius 2 is 1.95 bits per heavy atom. The fourth-order valence-corrected chi connectivity index (χ4v) is 2.79. The van der Waals surface area contributed by atoms with E-state index in [9.17, 15) is 13.2 Å². The Balaban J connectivity index is 2.90. The largest absolute Gasteiger partial charge is 0.300 e. The average molecular weight is 282 g/mol. The number of hydrogen-bond acceptors (Lipinski definition) is 3. The van der Waals surface area contributed by atoms with E-state index in [0.29, 0.717) is 17.7 Å². The van der Waals surface area contributed by atoms with Crippen LogP contribution in [-0.4, -0.2) is 20.5 Å². The van der Waals surface area contributed by atoms with Gasteiger partial charge in [0.15, 0.2) is 9.84 Å².